The Labute approximate surface area is 140 Å². The second-order valence-electron chi connectivity index (χ2n) is 5.77. The van der Waals surface area contributed by atoms with E-state index in [2.05, 4.69) is 57.8 Å². The van der Waals surface area contributed by atoms with Crippen LogP contribution in [0.5, 0.6) is 0 Å². The van der Waals surface area contributed by atoms with Crippen molar-refractivity contribution in [3.05, 3.63) is 53.9 Å². The fraction of sp³-hybridized carbons (Fsp3) is 0.353. The van der Waals surface area contributed by atoms with Gasteiger partial charge in [-0.25, -0.2) is 4.98 Å². The molecule has 2 heterocycles. The van der Waals surface area contributed by atoms with Gasteiger partial charge in [-0.1, -0.05) is 42.9 Å². The number of benzene rings is 1. The summed E-state index contributed by atoms with van der Waals surface area (Å²) in [4.78, 5) is 8.75. The van der Waals surface area contributed by atoms with Gasteiger partial charge in [0.1, 0.15) is 0 Å². The molecule has 3 aromatic rings. The first-order chi connectivity index (χ1) is 11.0. The largest absolute Gasteiger partial charge is 0.338 e. The van der Waals surface area contributed by atoms with Crippen LogP contribution in [0.15, 0.2) is 46.3 Å². The molecule has 0 aliphatic rings. The summed E-state index contributed by atoms with van der Waals surface area (Å²) in [6.07, 6.45) is 3.78. The van der Waals surface area contributed by atoms with E-state index in [1.54, 1.807) is 11.8 Å². The number of thioether (sulfide) groups is 1. The lowest BCUT2D eigenvalue weighted by Gasteiger charge is -2.11. The van der Waals surface area contributed by atoms with Crippen molar-refractivity contribution in [1.29, 1.82) is 0 Å². The Hall–Kier alpha value is -2.08. The molecule has 1 unspecified atom stereocenters. The molecule has 120 valence electrons. The highest BCUT2D eigenvalue weighted by Gasteiger charge is 2.17. The van der Waals surface area contributed by atoms with Crippen LogP contribution < -0.4 is 0 Å². The second kappa shape index (κ2) is 6.58. The first-order valence-corrected chi connectivity index (χ1v) is 8.53. The SMILES string of the molecule is Cc1noc(C(C)Sc2nccn2-c2ccc(C(C)C)cc2)n1. The number of aryl methyl sites for hydroxylation is 1. The number of aromatic nitrogens is 4. The molecule has 0 amide bonds. The Morgan fingerprint density at radius 3 is 2.48 bits per heavy atom. The maximum Gasteiger partial charge on any atom is 0.239 e. The fourth-order valence-electron chi connectivity index (χ4n) is 2.28. The number of hydrogen-bond acceptors (Lipinski definition) is 5. The van der Waals surface area contributed by atoms with Crippen LogP contribution in [0.1, 0.15) is 49.2 Å². The van der Waals surface area contributed by atoms with E-state index in [0.29, 0.717) is 17.6 Å². The molecule has 1 atom stereocenters. The summed E-state index contributed by atoms with van der Waals surface area (Å²) >= 11 is 1.60. The smallest absolute Gasteiger partial charge is 0.239 e. The molecule has 0 bridgehead atoms. The van der Waals surface area contributed by atoms with Crippen LogP contribution in [0, 0.1) is 6.92 Å². The zero-order chi connectivity index (χ0) is 16.4. The summed E-state index contributed by atoms with van der Waals surface area (Å²) < 4.78 is 7.32. The van der Waals surface area contributed by atoms with Crippen molar-refractivity contribution < 1.29 is 4.52 Å². The van der Waals surface area contributed by atoms with Gasteiger partial charge < -0.3 is 4.52 Å². The molecule has 0 N–H and O–H groups in total. The number of imidazole rings is 1. The molecule has 0 radical (unpaired) electrons. The molecule has 5 nitrogen and oxygen atoms in total. The van der Waals surface area contributed by atoms with Gasteiger partial charge in [-0.05, 0) is 37.5 Å². The normalized spacial score (nSPS) is 12.7. The lowest BCUT2D eigenvalue weighted by atomic mass is 10.0. The van der Waals surface area contributed by atoms with Gasteiger partial charge in [-0.2, -0.15) is 4.98 Å². The molecule has 0 aliphatic heterocycles. The highest BCUT2D eigenvalue weighted by molar-refractivity contribution is 7.99. The van der Waals surface area contributed by atoms with Crippen LogP contribution in [0.25, 0.3) is 5.69 Å². The van der Waals surface area contributed by atoms with Crippen molar-refractivity contribution >= 4 is 11.8 Å². The van der Waals surface area contributed by atoms with Gasteiger partial charge in [0.05, 0.1) is 5.25 Å². The Balaban J connectivity index is 1.81. The third kappa shape index (κ3) is 3.47. The highest BCUT2D eigenvalue weighted by atomic mass is 32.2. The molecule has 0 aliphatic carbocycles. The summed E-state index contributed by atoms with van der Waals surface area (Å²) in [7, 11) is 0. The van der Waals surface area contributed by atoms with E-state index in [1.165, 1.54) is 5.56 Å². The van der Waals surface area contributed by atoms with E-state index >= 15 is 0 Å². The minimum Gasteiger partial charge on any atom is -0.338 e. The minimum absolute atomic E-state index is 0.0484. The van der Waals surface area contributed by atoms with E-state index in [0.717, 1.165) is 10.8 Å². The van der Waals surface area contributed by atoms with Gasteiger partial charge in [0.2, 0.25) is 5.89 Å². The van der Waals surface area contributed by atoms with Crippen LogP contribution in [0.2, 0.25) is 0 Å². The highest BCUT2D eigenvalue weighted by Crippen LogP contribution is 2.34. The van der Waals surface area contributed by atoms with Crippen LogP contribution in [0.3, 0.4) is 0 Å². The van der Waals surface area contributed by atoms with Crippen molar-refractivity contribution in [3.63, 3.8) is 0 Å². The molecule has 1 aromatic carbocycles. The summed E-state index contributed by atoms with van der Waals surface area (Å²) in [6.45, 7) is 8.25. The predicted molar refractivity (Wildman–Crippen MR) is 91.0 cm³/mol. The summed E-state index contributed by atoms with van der Waals surface area (Å²) in [6, 6.07) is 8.59. The number of hydrogen-bond donors (Lipinski definition) is 0. The van der Waals surface area contributed by atoms with E-state index < -0.39 is 0 Å². The average molecular weight is 328 g/mol. The third-order valence-corrected chi connectivity index (χ3v) is 4.69. The zero-order valence-electron chi connectivity index (χ0n) is 13.7. The van der Waals surface area contributed by atoms with E-state index in [-0.39, 0.29) is 5.25 Å². The van der Waals surface area contributed by atoms with Crippen molar-refractivity contribution in [2.24, 2.45) is 0 Å². The Bertz CT molecular complexity index is 776. The van der Waals surface area contributed by atoms with Gasteiger partial charge >= 0.3 is 0 Å². The summed E-state index contributed by atoms with van der Waals surface area (Å²) in [5.41, 5.74) is 2.43. The van der Waals surface area contributed by atoms with Gasteiger partial charge in [0, 0.05) is 18.1 Å². The summed E-state index contributed by atoms with van der Waals surface area (Å²) in [5, 5.41) is 4.80. The first kappa shape index (κ1) is 15.8. The van der Waals surface area contributed by atoms with Crippen LogP contribution in [0.4, 0.5) is 0 Å². The molecular formula is C17H20N4OS. The Morgan fingerprint density at radius 1 is 1.13 bits per heavy atom. The molecular weight excluding hydrogens is 308 g/mol. The molecule has 0 saturated heterocycles. The predicted octanol–water partition coefficient (Wildman–Crippen LogP) is 4.54. The lowest BCUT2D eigenvalue weighted by Crippen LogP contribution is -1.98. The molecule has 3 rings (SSSR count). The monoisotopic (exact) mass is 328 g/mol. The standard InChI is InChI=1S/C17H20N4OS/c1-11(2)14-5-7-15(8-6-14)21-10-9-18-17(21)23-12(3)16-19-13(4)20-22-16/h5-12H,1-4H3. The van der Waals surface area contributed by atoms with Crippen molar-refractivity contribution in [2.75, 3.05) is 0 Å². The van der Waals surface area contributed by atoms with E-state index in [9.17, 15) is 0 Å². The van der Waals surface area contributed by atoms with E-state index in [1.807, 2.05) is 26.2 Å². The average Bonchev–Trinajstić information content (AvgIpc) is 3.16. The quantitative estimate of drug-likeness (QED) is 0.644. The van der Waals surface area contributed by atoms with Crippen molar-refractivity contribution in [3.8, 4) is 5.69 Å². The Morgan fingerprint density at radius 2 is 1.87 bits per heavy atom. The third-order valence-electron chi connectivity index (χ3n) is 3.62. The van der Waals surface area contributed by atoms with Gasteiger partial charge in [-0.3, -0.25) is 4.57 Å². The van der Waals surface area contributed by atoms with Crippen LogP contribution >= 0.6 is 11.8 Å². The minimum atomic E-state index is 0.0484. The van der Waals surface area contributed by atoms with Gasteiger partial charge in [0.15, 0.2) is 11.0 Å². The summed E-state index contributed by atoms with van der Waals surface area (Å²) in [5.74, 6) is 1.80. The van der Waals surface area contributed by atoms with Gasteiger partial charge in [-0.15, -0.1) is 0 Å². The van der Waals surface area contributed by atoms with Gasteiger partial charge in [0.25, 0.3) is 0 Å². The van der Waals surface area contributed by atoms with Crippen molar-refractivity contribution in [2.45, 2.75) is 44.0 Å². The zero-order valence-corrected chi connectivity index (χ0v) is 14.5. The second-order valence-corrected chi connectivity index (χ2v) is 7.07. The molecule has 0 spiro atoms. The first-order valence-electron chi connectivity index (χ1n) is 7.65. The topological polar surface area (TPSA) is 56.7 Å². The molecule has 6 heteroatoms. The lowest BCUT2D eigenvalue weighted by molar-refractivity contribution is 0.376. The fourth-order valence-corrected chi connectivity index (χ4v) is 3.19. The maximum absolute atomic E-state index is 5.24. The van der Waals surface area contributed by atoms with Crippen molar-refractivity contribution in [1.82, 2.24) is 19.7 Å². The number of rotatable bonds is 5. The Kier molecular flexibility index (Phi) is 4.52. The maximum atomic E-state index is 5.24. The molecule has 2 aromatic heterocycles. The molecule has 0 saturated carbocycles. The van der Waals surface area contributed by atoms with Crippen LogP contribution in [-0.2, 0) is 0 Å². The molecule has 23 heavy (non-hydrogen) atoms. The number of nitrogens with zero attached hydrogens (tertiary/aromatic N) is 4. The van der Waals surface area contributed by atoms with Crippen LogP contribution in [-0.4, -0.2) is 19.7 Å². The van der Waals surface area contributed by atoms with E-state index in [4.69, 9.17) is 4.52 Å². The molecule has 0 fully saturated rings.